The van der Waals surface area contributed by atoms with E-state index in [1.165, 1.54) is 16.0 Å². The van der Waals surface area contributed by atoms with Crippen molar-refractivity contribution >= 4 is 41.8 Å². The summed E-state index contributed by atoms with van der Waals surface area (Å²) in [6, 6.07) is 8.55. The molecule has 5 atom stereocenters. The van der Waals surface area contributed by atoms with Crippen LogP contribution in [0.2, 0.25) is 0 Å². The van der Waals surface area contributed by atoms with Crippen LogP contribution in [0.25, 0.3) is 0 Å². The number of fused-ring (bicyclic) bond motifs is 5. The molecule has 2 amide bonds. The first-order valence-corrected chi connectivity index (χ1v) is 11.6. The number of nitrogens with zero attached hydrogens (tertiary/aromatic N) is 2. The van der Waals surface area contributed by atoms with Gasteiger partial charge >= 0.3 is 0 Å². The largest absolute Gasteiger partial charge is 0.357 e. The van der Waals surface area contributed by atoms with Crippen molar-refractivity contribution in [2.45, 2.75) is 39.5 Å². The summed E-state index contributed by atoms with van der Waals surface area (Å²) in [6.45, 7) is 8.97. The van der Waals surface area contributed by atoms with Crippen molar-refractivity contribution < 1.29 is 9.59 Å². The number of aliphatic imine (C=N–C) groups is 1. The zero-order valence-corrected chi connectivity index (χ0v) is 21.5. The summed E-state index contributed by atoms with van der Waals surface area (Å²) in [5.74, 6) is 1.54. The Balaban J connectivity index is 0.00000289. The van der Waals surface area contributed by atoms with Gasteiger partial charge < -0.3 is 10.6 Å². The molecule has 7 heteroatoms. The minimum absolute atomic E-state index is 0. The van der Waals surface area contributed by atoms with E-state index in [9.17, 15) is 9.59 Å². The second-order valence-corrected chi connectivity index (χ2v) is 9.14. The van der Waals surface area contributed by atoms with E-state index in [1.807, 2.05) is 6.92 Å². The zero-order chi connectivity index (χ0) is 22.0. The highest BCUT2D eigenvalue weighted by Crippen LogP contribution is 2.52. The predicted octanol–water partition coefficient (Wildman–Crippen LogP) is 3.47. The van der Waals surface area contributed by atoms with Crippen molar-refractivity contribution in [2.24, 2.45) is 28.7 Å². The number of carbonyl (C=O) groups excluding carboxylic acids is 2. The van der Waals surface area contributed by atoms with E-state index in [-0.39, 0.29) is 59.5 Å². The van der Waals surface area contributed by atoms with Crippen molar-refractivity contribution in [3.05, 3.63) is 47.5 Å². The van der Waals surface area contributed by atoms with Crippen LogP contribution in [0.5, 0.6) is 0 Å². The van der Waals surface area contributed by atoms with E-state index in [2.05, 4.69) is 60.9 Å². The fourth-order valence-corrected chi connectivity index (χ4v) is 5.28. The number of guanidine groups is 1. The predicted molar refractivity (Wildman–Crippen MR) is 138 cm³/mol. The van der Waals surface area contributed by atoms with Gasteiger partial charge in [-0.05, 0) is 44.1 Å². The topological polar surface area (TPSA) is 73.8 Å². The Kier molecular flexibility index (Phi) is 8.36. The van der Waals surface area contributed by atoms with Gasteiger partial charge in [0.05, 0.1) is 11.8 Å². The van der Waals surface area contributed by atoms with Crippen LogP contribution in [-0.4, -0.2) is 48.9 Å². The average Bonchev–Trinajstić information content (AvgIpc) is 3.44. The van der Waals surface area contributed by atoms with E-state index in [4.69, 9.17) is 4.99 Å². The lowest BCUT2D eigenvalue weighted by molar-refractivity contribution is -0.140. The van der Waals surface area contributed by atoms with Gasteiger partial charge in [0.15, 0.2) is 5.96 Å². The smallest absolute Gasteiger partial charge is 0.233 e. The van der Waals surface area contributed by atoms with E-state index < -0.39 is 0 Å². The fraction of sp³-hybridized carbons (Fsp3) is 0.560. The second kappa shape index (κ2) is 10.8. The highest BCUT2D eigenvalue weighted by atomic mass is 127. The number of carbonyl (C=O) groups is 2. The Bertz CT molecular complexity index is 870. The molecule has 0 spiro atoms. The number of rotatable bonds is 8. The van der Waals surface area contributed by atoms with Crippen LogP contribution in [-0.2, 0) is 9.59 Å². The van der Waals surface area contributed by atoms with Gasteiger partial charge in [-0.1, -0.05) is 48.9 Å². The summed E-state index contributed by atoms with van der Waals surface area (Å²) in [4.78, 5) is 31.8. The van der Waals surface area contributed by atoms with Crippen LogP contribution in [0.15, 0.2) is 41.4 Å². The summed E-state index contributed by atoms with van der Waals surface area (Å²) >= 11 is 0. The summed E-state index contributed by atoms with van der Waals surface area (Å²) in [7, 11) is 0. The lowest BCUT2D eigenvalue weighted by atomic mass is 9.85. The fourth-order valence-electron chi connectivity index (χ4n) is 5.28. The molecule has 1 heterocycles. The second-order valence-electron chi connectivity index (χ2n) is 9.14. The number of hydrogen-bond donors (Lipinski definition) is 2. The Hall–Kier alpha value is -1.90. The highest BCUT2D eigenvalue weighted by Gasteiger charge is 2.58. The molecule has 5 unspecified atom stereocenters. The first-order valence-electron chi connectivity index (χ1n) is 11.6. The molecular weight excluding hydrogens is 515 g/mol. The van der Waals surface area contributed by atoms with E-state index in [0.29, 0.717) is 25.6 Å². The Morgan fingerprint density at radius 3 is 2.47 bits per heavy atom. The van der Waals surface area contributed by atoms with Gasteiger partial charge in [0.25, 0.3) is 0 Å². The number of hydrogen-bond acceptors (Lipinski definition) is 3. The van der Waals surface area contributed by atoms with Crippen LogP contribution in [0.4, 0.5) is 0 Å². The maximum absolute atomic E-state index is 12.8. The van der Waals surface area contributed by atoms with Crippen LogP contribution in [0, 0.1) is 30.6 Å². The van der Waals surface area contributed by atoms with E-state index in [1.54, 1.807) is 0 Å². The van der Waals surface area contributed by atoms with Crippen molar-refractivity contribution in [2.75, 3.05) is 26.2 Å². The monoisotopic (exact) mass is 550 g/mol. The number of benzene rings is 1. The number of nitrogens with one attached hydrogen (secondary N) is 2. The summed E-state index contributed by atoms with van der Waals surface area (Å²) in [5.41, 5.74) is 2.55. The molecule has 32 heavy (non-hydrogen) atoms. The maximum atomic E-state index is 12.8. The minimum Gasteiger partial charge on any atom is -0.357 e. The summed E-state index contributed by atoms with van der Waals surface area (Å²) in [6.07, 6.45) is 5.97. The van der Waals surface area contributed by atoms with Crippen molar-refractivity contribution in [3.63, 3.8) is 0 Å². The maximum Gasteiger partial charge on any atom is 0.233 e. The van der Waals surface area contributed by atoms with E-state index >= 15 is 0 Å². The van der Waals surface area contributed by atoms with Crippen LogP contribution in [0.3, 0.4) is 0 Å². The van der Waals surface area contributed by atoms with Gasteiger partial charge in [-0.25, -0.2) is 0 Å². The van der Waals surface area contributed by atoms with Gasteiger partial charge in [0, 0.05) is 32.1 Å². The van der Waals surface area contributed by atoms with Crippen molar-refractivity contribution in [3.8, 4) is 0 Å². The summed E-state index contributed by atoms with van der Waals surface area (Å²) < 4.78 is 0. The molecule has 2 fully saturated rings. The molecule has 2 bridgehead atoms. The molecule has 2 aliphatic carbocycles. The summed E-state index contributed by atoms with van der Waals surface area (Å²) in [5, 5.41) is 6.63. The third-order valence-corrected chi connectivity index (χ3v) is 6.89. The van der Waals surface area contributed by atoms with Gasteiger partial charge in [-0.15, -0.1) is 24.0 Å². The van der Waals surface area contributed by atoms with Crippen molar-refractivity contribution in [1.82, 2.24) is 15.5 Å². The van der Waals surface area contributed by atoms with Gasteiger partial charge in [-0.2, -0.15) is 0 Å². The average molecular weight is 550 g/mol. The molecule has 0 aromatic heterocycles. The first-order chi connectivity index (χ1) is 15.0. The molecule has 2 N–H and O–H groups in total. The molecule has 1 aromatic carbocycles. The molecule has 1 aliphatic heterocycles. The van der Waals surface area contributed by atoms with Gasteiger partial charge in [-0.3, -0.25) is 19.5 Å². The normalized spacial score (nSPS) is 26.8. The molecule has 6 nitrogen and oxygen atoms in total. The van der Waals surface area contributed by atoms with Gasteiger partial charge in [0.1, 0.15) is 0 Å². The zero-order valence-electron chi connectivity index (χ0n) is 19.2. The number of imide groups is 1. The molecule has 4 rings (SSSR count). The highest BCUT2D eigenvalue weighted by molar-refractivity contribution is 14.0. The number of halogens is 1. The Morgan fingerprint density at radius 1 is 1.16 bits per heavy atom. The van der Waals surface area contributed by atoms with Crippen LogP contribution in [0.1, 0.15) is 43.7 Å². The molecule has 174 valence electrons. The third kappa shape index (κ3) is 5.02. The number of amides is 2. The quantitative estimate of drug-likeness (QED) is 0.130. The van der Waals surface area contributed by atoms with Crippen LogP contribution < -0.4 is 10.6 Å². The van der Waals surface area contributed by atoms with E-state index in [0.717, 1.165) is 25.3 Å². The number of likely N-dealkylation sites (tertiary alicyclic amines) is 1. The third-order valence-electron chi connectivity index (χ3n) is 6.89. The molecule has 3 aliphatic rings. The minimum atomic E-state index is -0.0996. The standard InChI is InChI=1S/C25H34N4O2.HI/c1-4-26-25(28-15-17(3)18-8-5-7-16(2)13-18)27-11-6-12-29-23(30)21-19-9-10-20(14-19)22(21)24(29)31;/h5,7-10,13,17,19-22H,4,6,11-12,14-15H2,1-3H3,(H2,26,27,28);1H. The molecule has 1 aromatic rings. The van der Waals surface area contributed by atoms with Gasteiger partial charge in [0.2, 0.25) is 11.8 Å². The molecule has 0 radical (unpaired) electrons. The SMILES string of the molecule is CCNC(=NCC(C)c1cccc(C)c1)NCCCN1C(=O)C2C3C=CC(C3)C2C1=O.I. The lowest BCUT2D eigenvalue weighted by Gasteiger charge is -2.18. The Morgan fingerprint density at radius 2 is 1.84 bits per heavy atom. The molecule has 1 saturated heterocycles. The number of allylic oxidation sites excluding steroid dienone is 2. The molecular formula is C25H35IN4O2. The van der Waals surface area contributed by atoms with Crippen molar-refractivity contribution in [1.29, 1.82) is 0 Å². The first kappa shape index (κ1) is 24.7. The number of aryl methyl sites for hydroxylation is 1. The lowest BCUT2D eigenvalue weighted by Crippen LogP contribution is -2.40. The molecule has 1 saturated carbocycles. The Labute approximate surface area is 208 Å². The van der Waals surface area contributed by atoms with Crippen LogP contribution >= 0.6 is 24.0 Å².